The normalized spacial score (nSPS) is 17.7. The number of hydrogen-bond donors (Lipinski definition) is 0. The first-order chi connectivity index (χ1) is 16.2. The van der Waals surface area contributed by atoms with Crippen molar-refractivity contribution in [3.05, 3.63) is 48.2 Å². The van der Waals surface area contributed by atoms with Gasteiger partial charge in [0.15, 0.2) is 0 Å². The van der Waals surface area contributed by atoms with Gasteiger partial charge in [-0.1, -0.05) is 31.1 Å². The molecule has 1 aromatic carbocycles. The van der Waals surface area contributed by atoms with Crippen molar-refractivity contribution in [3.8, 4) is 22.8 Å². The number of anilines is 1. The third kappa shape index (κ3) is 5.65. The molecule has 34 heavy (non-hydrogen) atoms. The van der Waals surface area contributed by atoms with E-state index < -0.39 is 0 Å². The molecule has 0 aliphatic carbocycles. The van der Waals surface area contributed by atoms with E-state index in [2.05, 4.69) is 74.0 Å². The molecule has 2 aromatic heterocycles. The summed E-state index contributed by atoms with van der Waals surface area (Å²) in [7, 11) is 0. The maximum absolute atomic E-state index is 5.56. The Morgan fingerprint density at radius 3 is 2.21 bits per heavy atom. The summed E-state index contributed by atoms with van der Waals surface area (Å²) in [5.41, 5.74) is 3.15. The summed E-state index contributed by atoms with van der Waals surface area (Å²) in [6.07, 6.45) is 5.84. The first-order valence-corrected chi connectivity index (χ1v) is 12.3. The molecule has 7 heteroatoms. The second-order valence-electron chi connectivity index (χ2n) is 9.48. The molecule has 0 bridgehead atoms. The van der Waals surface area contributed by atoms with Crippen LogP contribution in [0.25, 0.3) is 22.8 Å². The molecule has 2 aliphatic rings. The lowest BCUT2D eigenvalue weighted by Gasteiger charge is -2.37. The van der Waals surface area contributed by atoms with Crippen LogP contribution >= 0.6 is 0 Å². The van der Waals surface area contributed by atoms with E-state index in [4.69, 9.17) is 4.52 Å². The van der Waals surface area contributed by atoms with Gasteiger partial charge < -0.3 is 9.42 Å². The van der Waals surface area contributed by atoms with Crippen LogP contribution in [0.3, 0.4) is 0 Å². The summed E-state index contributed by atoms with van der Waals surface area (Å²) < 4.78 is 5.56. The molecule has 3 aromatic rings. The zero-order valence-corrected chi connectivity index (χ0v) is 19.8. The van der Waals surface area contributed by atoms with Gasteiger partial charge in [-0.15, -0.1) is 0 Å². The van der Waals surface area contributed by atoms with Gasteiger partial charge in [-0.05, 0) is 69.6 Å². The average Bonchev–Trinajstić information content (AvgIpc) is 3.36. The average molecular weight is 463 g/mol. The molecule has 0 saturated carbocycles. The SMILES string of the molecule is C.CC(C)N1CCN(c2ccc(-c3noc(-c4ccc(CN5CCCCC5)cc4)n3)cn2)CC1. The second-order valence-corrected chi connectivity index (χ2v) is 9.48. The molecule has 0 unspecified atom stereocenters. The lowest BCUT2D eigenvalue weighted by atomic mass is 10.1. The molecule has 5 rings (SSSR count). The molecule has 2 saturated heterocycles. The van der Waals surface area contributed by atoms with Crippen molar-refractivity contribution in [2.75, 3.05) is 44.2 Å². The molecule has 4 heterocycles. The zero-order valence-electron chi connectivity index (χ0n) is 19.8. The summed E-state index contributed by atoms with van der Waals surface area (Å²) in [6, 6.07) is 13.2. The van der Waals surface area contributed by atoms with Crippen LogP contribution < -0.4 is 4.90 Å². The van der Waals surface area contributed by atoms with Gasteiger partial charge in [0.2, 0.25) is 5.82 Å². The van der Waals surface area contributed by atoms with E-state index in [0.717, 1.165) is 49.7 Å². The number of pyridine rings is 1. The topological polar surface area (TPSA) is 61.5 Å². The van der Waals surface area contributed by atoms with Crippen LogP contribution in [-0.2, 0) is 6.54 Å². The highest BCUT2D eigenvalue weighted by molar-refractivity contribution is 5.60. The smallest absolute Gasteiger partial charge is 0.258 e. The fraction of sp³-hybridized carbons (Fsp3) is 0.519. The van der Waals surface area contributed by atoms with Crippen LogP contribution in [-0.4, -0.2) is 70.2 Å². The standard InChI is InChI=1S/C26H34N6O.CH4/c1-20(2)31-14-16-32(17-15-31)24-11-10-23(18-27-24)25-28-26(33-29-25)22-8-6-21(7-9-22)19-30-12-4-3-5-13-30;/h6-11,18,20H,3-5,12-17,19H2,1-2H3;1H4. The highest BCUT2D eigenvalue weighted by atomic mass is 16.5. The van der Waals surface area contributed by atoms with Gasteiger partial charge >= 0.3 is 0 Å². The van der Waals surface area contributed by atoms with Crippen molar-refractivity contribution >= 4 is 5.82 Å². The fourth-order valence-electron chi connectivity index (χ4n) is 4.76. The highest BCUT2D eigenvalue weighted by Gasteiger charge is 2.20. The number of benzene rings is 1. The number of hydrogen-bond acceptors (Lipinski definition) is 7. The number of piperazine rings is 1. The Bertz CT molecular complexity index is 1020. The van der Waals surface area contributed by atoms with E-state index in [-0.39, 0.29) is 7.43 Å². The molecule has 7 nitrogen and oxygen atoms in total. The third-order valence-corrected chi connectivity index (χ3v) is 6.86. The van der Waals surface area contributed by atoms with Crippen molar-refractivity contribution in [1.82, 2.24) is 24.9 Å². The molecule has 0 N–H and O–H groups in total. The van der Waals surface area contributed by atoms with E-state index in [0.29, 0.717) is 17.8 Å². The minimum absolute atomic E-state index is 0. The summed E-state index contributed by atoms with van der Waals surface area (Å²) in [5.74, 6) is 2.13. The minimum atomic E-state index is 0. The van der Waals surface area contributed by atoms with Crippen molar-refractivity contribution < 1.29 is 4.52 Å². The molecule has 2 aliphatic heterocycles. The highest BCUT2D eigenvalue weighted by Crippen LogP contribution is 2.24. The van der Waals surface area contributed by atoms with E-state index in [9.17, 15) is 0 Å². The Kier molecular flexibility index (Phi) is 7.95. The second kappa shape index (κ2) is 11.1. The molecule has 182 valence electrons. The number of likely N-dealkylation sites (tertiary alicyclic amines) is 1. The van der Waals surface area contributed by atoms with E-state index in [1.165, 1.54) is 37.9 Å². The molecule has 2 fully saturated rings. The summed E-state index contributed by atoms with van der Waals surface area (Å²) in [6.45, 7) is 12.1. The molecule has 0 atom stereocenters. The summed E-state index contributed by atoms with van der Waals surface area (Å²) in [5, 5.41) is 4.20. The van der Waals surface area contributed by atoms with E-state index >= 15 is 0 Å². The van der Waals surface area contributed by atoms with E-state index in [1.807, 2.05) is 12.3 Å². The van der Waals surface area contributed by atoms with Crippen LogP contribution in [0.1, 0.15) is 46.1 Å². The van der Waals surface area contributed by atoms with Gasteiger partial charge in [0.1, 0.15) is 5.82 Å². The molecule has 0 spiro atoms. The lowest BCUT2D eigenvalue weighted by Crippen LogP contribution is -2.49. The van der Waals surface area contributed by atoms with Crippen LogP contribution in [0.2, 0.25) is 0 Å². The van der Waals surface area contributed by atoms with Gasteiger partial charge in [-0.25, -0.2) is 4.98 Å². The largest absolute Gasteiger partial charge is 0.354 e. The fourth-order valence-corrected chi connectivity index (χ4v) is 4.76. The number of piperidine rings is 1. The van der Waals surface area contributed by atoms with Gasteiger partial charge in [-0.3, -0.25) is 9.80 Å². The lowest BCUT2D eigenvalue weighted by molar-refractivity contribution is 0.209. The predicted octanol–water partition coefficient (Wildman–Crippen LogP) is 4.95. The van der Waals surface area contributed by atoms with Crippen LogP contribution in [0.5, 0.6) is 0 Å². The molecular formula is C27H38N6O. The molecule has 0 radical (unpaired) electrons. The maximum Gasteiger partial charge on any atom is 0.258 e. The van der Waals surface area contributed by atoms with Crippen molar-refractivity contribution in [2.45, 2.75) is 53.1 Å². The number of nitrogens with zero attached hydrogens (tertiary/aromatic N) is 6. The van der Waals surface area contributed by atoms with Crippen molar-refractivity contribution in [2.24, 2.45) is 0 Å². The van der Waals surface area contributed by atoms with Gasteiger partial charge in [0, 0.05) is 56.1 Å². The third-order valence-electron chi connectivity index (χ3n) is 6.86. The monoisotopic (exact) mass is 462 g/mol. The maximum atomic E-state index is 5.56. The Morgan fingerprint density at radius 1 is 0.853 bits per heavy atom. The quantitative estimate of drug-likeness (QED) is 0.513. The van der Waals surface area contributed by atoms with E-state index in [1.54, 1.807) is 0 Å². The minimum Gasteiger partial charge on any atom is -0.354 e. The molecule has 0 amide bonds. The van der Waals surface area contributed by atoms with Gasteiger partial charge in [-0.2, -0.15) is 4.98 Å². The van der Waals surface area contributed by atoms with Crippen molar-refractivity contribution in [3.63, 3.8) is 0 Å². The van der Waals surface area contributed by atoms with Gasteiger partial charge in [0.25, 0.3) is 5.89 Å². The Hall–Kier alpha value is -2.77. The Morgan fingerprint density at radius 2 is 1.56 bits per heavy atom. The number of aromatic nitrogens is 3. The Balaban J connectivity index is 0.00000274. The van der Waals surface area contributed by atoms with Crippen LogP contribution in [0, 0.1) is 0 Å². The number of rotatable bonds is 6. The summed E-state index contributed by atoms with van der Waals surface area (Å²) in [4.78, 5) is 16.7. The first-order valence-electron chi connectivity index (χ1n) is 12.3. The molecular weight excluding hydrogens is 424 g/mol. The summed E-state index contributed by atoms with van der Waals surface area (Å²) >= 11 is 0. The zero-order chi connectivity index (χ0) is 22.6. The van der Waals surface area contributed by atoms with Gasteiger partial charge in [0.05, 0.1) is 0 Å². The Labute approximate surface area is 203 Å². The van der Waals surface area contributed by atoms with Crippen molar-refractivity contribution in [1.29, 1.82) is 0 Å². The van der Waals surface area contributed by atoms with Crippen LogP contribution in [0.4, 0.5) is 5.82 Å². The van der Waals surface area contributed by atoms with Crippen LogP contribution in [0.15, 0.2) is 47.1 Å². The predicted molar refractivity (Wildman–Crippen MR) is 138 cm³/mol. The first kappa shape index (κ1) is 24.4.